The molecule has 10 nitrogen and oxygen atoms in total. The van der Waals surface area contributed by atoms with Gasteiger partial charge in [-0.2, -0.15) is 13.2 Å². The number of nitrogen functional groups attached to an aromatic ring is 1. The zero-order chi connectivity index (χ0) is 27.3. The molecular weight excluding hydrogens is 491 g/mol. The number of oxime groups is 1. The van der Waals surface area contributed by atoms with Gasteiger partial charge >= 0.3 is 6.18 Å². The number of amides is 2. The lowest BCUT2D eigenvalue weighted by Gasteiger charge is -2.35. The first-order valence-electron chi connectivity index (χ1n) is 11.3. The maximum absolute atomic E-state index is 13.4. The summed E-state index contributed by atoms with van der Waals surface area (Å²) >= 11 is 0. The average molecular weight is 520 g/mol. The Bertz CT molecular complexity index is 1210. The second kappa shape index (κ2) is 11.2. The summed E-state index contributed by atoms with van der Waals surface area (Å²) in [5, 5.41) is 17.3. The van der Waals surface area contributed by atoms with Crippen LogP contribution in [0.4, 0.5) is 18.9 Å². The third-order valence-corrected chi connectivity index (χ3v) is 5.54. The van der Waals surface area contributed by atoms with Crippen LogP contribution in [0.15, 0.2) is 52.6 Å². The number of aliphatic imine (C=N–C) groups is 1. The van der Waals surface area contributed by atoms with Gasteiger partial charge in [-0.25, -0.2) is 0 Å². The molecule has 7 N–H and O–H groups in total. The van der Waals surface area contributed by atoms with E-state index >= 15 is 0 Å². The van der Waals surface area contributed by atoms with Gasteiger partial charge in [0.2, 0.25) is 5.91 Å². The number of carbonyl (C=O) groups excluding carboxylic acids is 2. The molecule has 1 heterocycles. The molecule has 3 rings (SSSR count). The molecule has 2 aromatic carbocycles. The van der Waals surface area contributed by atoms with Gasteiger partial charge in [0, 0.05) is 23.8 Å². The van der Waals surface area contributed by atoms with Crippen LogP contribution in [0.3, 0.4) is 0 Å². The first-order valence-corrected chi connectivity index (χ1v) is 11.3. The summed E-state index contributed by atoms with van der Waals surface area (Å²) in [6.45, 7) is 3.25. The van der Waals surface area contributed by atoms with Gasteiger partial charge in [-0.3, -0.25) is 14.6 Å². The third kappa shape index (κ3) is 6.90. The molecule has 37 heavy (non-hydrogen) atoms. The predicted molar refractivity (Wildman–Crippen MR) is 132 cm³/mol. The van der Waals surface area contributed by atoms with Crippen molar-refractivity contribution in [1.29, 1.82) is 0 Å². The molecule has 13 heteroatoms. The molecule has 2 aromatic rings. The monoisotopic (exact) mass is 519 g/mol. The van der Waals surface area contributed by atoms with Crippen molar-refractivity contribution in [2.45, 2.75) is 38.7 Å². The van der Waals surface area contributed by atoms with E-state index in [1.54, 1.807) is 38.1 Å². The molecular formula is C24H28F3N7O3. The highest BCUT2D eigenvalue weighted by Gasteiger charge is 2.36. The molecule has 1 atom stereocenters. The molecule has 1 unspecified atom stereocenters. The minimum absolute atomic E-state index is 0.0257. The summed E-state index contributed by atoms with van der Waals surface area (Å²) in [4.78, 5) is 31.4. The van der Waals surface area contributed by atoms with Crippen molar-refractivity contribution in [2.75, 3.05) is 18.8 Å². The Morgan fingerprint density at radius 3 is 2.51 bits per heavy atom. The number of anilines is 1. The van der Waals surface area contributed by atoms with Gasteiger partial charge in [0.25, 0.3) is 5.91 Å². The normalized spacial score (nSPS) is 16.5. The van der Waals surface area contributed by atoms with E-state index < -0.39 is 36.1 Å². The lowest BCUT2D eigenvalue weighted by molar-refractivity contribution is -0.137. The third-order valence-electron chi connectivity index (χ3n) is 5.54. The van der Waals surface area contributed by atoms with Gasteiger partial charge in [0.1, 0.15) is 6.54 Å². The number of hydrogen-bond donors (Lipinski definition) is 5. The number of benzene rings is 2. The Kier molecular flexibility index (Phi) is 8.25. The van der Waals surface area contributed by atoms with Crippen LogP contribution in [0.2, 0.25) is 0 Å². The van der Waals surface area contributed by atoms with Crippen molar-refractivity contribution in [3.8, 4) is 0 Å². The zero-order valence-corrected chi connectivity index (χ0v) is 20.2. The smallest absolute Gasteiger partial charge is 0.409 e. The topological polar surface area (TPSA) is 158 Å². The van der Waals surface area contributed by atoms with Crippen molar-refractivity contribution >= 4 is 29.2 Å². The van der Waals surface area contributed by atoms with Crippen molar-refractivity contribution in [3.05, 3.63) is 64.7 Å². The van der Waals surface area contributed by atoms with Crippen LogP contribution in [0.25, 0.3) is 0 Å². The molecule has 0 aliphatic carbocycles. The number of alkyl halides is 3. The van der Waals surface area contributed by atoms with E-state index in [0.717, 1.165) is 12.1 Å². The number of carbonyl (C=O) groups is 2. The second-order valence-corrected chi connectivity index (χ2v) is 8.78. The van der Waals surface area contributed by atoms with Crippen molar-refractivity contribution in [2.24, 2.45) is 15.9 Å². The SMILES string of the molecule is CC(C)NC1=NCC(c2cc(N)cc(C(F)(F)F)c2)N(CC(=O)NCc2ccc(/C(N)=N/O)cc2)C1=O. The summed E-state index contributed by atoms with van der Waals surface area (Å²) < 4.78 is 40.2. The summed E-state index contributed by atoms with van der Waals surface area (Å²) in [6, 6.07) is 8.57. The van der Waals surface area contributed by atoms with E-state index in [9.17, 15) is 22.8 Å². The minimum Gasteiger partial charge on any atom is -0.409 e. The molecule has 0 aromatic heterocycles. The summed E-state index contributed by atoms with van der Waals surface area (Å²) in [6.07, 6.45) is -4.64. The lowest BCUT2D eigenvalue weighted by Crippen LogP contribution is -2.53. The fraction of sp³-hybridized carbons (Fsp3) is 0.333. The minimum atomic E-state index is -4.64. The van der Waals surface area contributed by atoms with Crippen LogP contribution >= 0.6 is 0 Å². The van der Waals surface area contributed by atoms with E-state index in [1.807, 2.05) is 0 Å². The quantitative estimate of drug-likeness (QED) is 0.124. The molecule has 0 fully saturated rings. The number of halogens is 3. The second-order valence-electron chi connectivity index (χ2n) is 8.78. The predicted octanol–water partition coefficient (Wildman–Crippen LogP) is 1.98. The van der Waals surface area contributed by atoms with Crippen LogP contribution in [0.1, 0.15) is 42.1 Å². The average Bonchev–Trinajstić information content (AvgIpc) is 2.84. The molecule has 1 aliphatic heterocycles. The zero-order valence-electron chi connectivity index (χ0n) is 20.2. The number of hydrogen-bond acceptors (Lipinski definition) is 7. The number of nitrogens with zero attached hydrogens (tertiary/aromatic N) is 3. The van der Waals surface area contributed by atoms with Crippen LogP contribution in [0.5, 0.6) is 0 Å². The number of rotatable bonds is 7. The fourth-order valence-electron chi connectivity index (χ4n) is 3.76. The highest BCUT2D eigenvalue weighted by Crippen LogP contribution is 2.34. The van der Waals surface area contributed by atoms with Crippen LogP contribution in [0, 0.1) is 0 Å². The molecule has 0 saturated carbocycles. The Balaban J connectivity index is 1.82. The number of nitrogens with two attached hydrogens (primary N) is 2. The van der Waals surface area contributed by atoms with Crippen LogP contribution < -0.4 is 22.1 Å². The highest BCUT2D eigenvalue weighted by atomic mass is 19.4. The van der Waals surface area contributed by atoms with Gasteiger partial charge in [-0.05, 0) is 43.2 Å². The molecule has 0 bridgehead atoms. The van der Waals surface area contributed by atoms with E-state index in [0.29, 0.717) is 11.1 Å². The van der Waals surface area contributed by atoms with E-state index in [4.69, 9.17) is 16.7 Å². The van der Waals surface area contributed by atoms with Crippen molar-refractivity contribution < 1.29 is 28.0 Å². The molecule has 0 saturated heterocycles. The molecule has 0 radical (unpaired) electrons. The van der Waals surface area contributed by atoms with E-state index in [-0.39, 0.29) is 42.1 Å². The molecule has 198 valence electrons. The van der Waals surface area contributed by atoms with Gasteiger partial charge in [0.05, 0.1) is 18.2 Å². The van der Waals surface area contributed by atoms with Crippen LogP contribution in [-0.2, 0) is 22.3 Å². The Labute approximate surface area is 211 Å². The summed E-state index contributed by atoms with van der Waals surface area (Å²) in [5.74, 6) is -1.17. The maximum Gasteiger partial charge on any atom is 0.416 e. The van der Waals surface area contributed by atoms with Crippen molar-refractivity contribution in [1.82, 2.24) is 15.5 Å². The first-order chi connectivity index (χ1) is 17.4. The summed E-state index contributed by atoms with van der Waals surface area (Å²) in [7, 11) is 0. The standard InChI is InChI=1S/C24H28F3N7O3/c1-13(2)32-22-23(36)34(12-20(35)30-10-14-3-5-15(6-4-14)21(29)33-37)19(11-31-22)16-7-17(24(25,26)27)9-18(28)8-16/h3-9,13,19,37H,10-12,28H2,1-2H3,(H2,29,33)(H,30,35)(H,31,32). The molecule has 2 amide bonds. The van der Waals surface area contributed by atoms with E-state index in [2.05, 4.69) is 20.8 Å². The fourth-order valence-corrected chi connectivity index (χ4v) is 3.76. The Morgan fingerprint density at radius 2 is 1.92 bits per heavy atom. The number of nitrogens with one attached hydrogen (secondary N) is 2. The maximum atomic E-state index is 13.4. The van der Waals surface area contributed by atoms with Gasteiger partial charge in [-0.15, -0.1) is 0 Å². The van der Waals surface area contributed by atoms with Gasteiger partial charge in [-0.1, -0.05) is 29.4 Å². The number of amidine groups is 2. The van der Waals surface area contributed by atoms with Gasteiger partial charge < -0.3 is 32.2 Å². The lowest BCUT2D eigenvalue weighted by atomic mass is 9.99. The highest BCUT2D eigenvalue weighted by molar-refractivity contribution is 6.38. The molecule has 0 spiro atoms. The van der Waals surface area contributed by atoms with Crippen molar-refractivity contribution in [3.63, 3.8) is 0 Å². The first kappa shape index (κ1) is 27.3. The van der Waals surface area contributed by atoms with Crippen LogP contribution in [-0.4, -0.2) is 52.7 Å². The molecule has 1 aliphatic rings. The Morgan fingerprint density at radius 1 is 1.24 bits per heavy atom. The summed E-state index contributed by atoms with van der Waals surface area (Å²) in [5.41, 5.74) is 11.5. The van der Waals surface area contributed by atoms with Gasteiger partial charge in [0.15, 0.2) is 11.7 Å². The van der Waals surface area contributed by atoms with E-state index in [1.165, 1.54) is 11.0 Å². The Hall–Kier alpha value is -4.29. The largest absolute Gasteiger partial charge is 0.416 e.